The van der Waals surface area contributed by atoms with Crippen molar-refractivity contribution < 1.29 is 14.0 Å². The van der Waals surface area contributed by atoms with Gasteiger partial charge in [0, 0.05) is 31.9 Å². The third-order valence-electron chi connectivity index (χ3n) is 5.08. The van der Waals surface area contributed by atoms with Gasteiger partial charge in [-0.05, 0) is 47.8 Å². The first kappa shape index (κ1) is 21.0. The van der Waals surface area contributed by atoms with Crippen molar-refractivity contribution in [2.24, 2.45) is 0 Å². The molecule has 0 bridgehead atoms. The van der Waals surface area contributed by atoms with Crippen LogP contribution in [0.2, 0.25) is 0 Å². The van der Waals surface area contributed by atoms with Gasteiger partial charge in [-0.1, -0.05) is 6.07 Å². The van der Waals surface area contributed by atoms with Crippen LogP contribution in [0.15, 0.2) is 58.7 Å². The molecule has 2 N–H and O–H groups in total. The number of anilines is 1. The van der Waals surface area contributed by atoms with Gasteiger partial charge in [-0.25, -0.2) is 4.39 Å². The van der Waals surface area contributed by atoms with Crippen LogP contribution in [0.1, 0.15) is 10.4 Å². The summed E-state index contributed by atoms with van der Waals surface area (Å²) in [6, 6.07) is 12.7. The summed E-state index contributed by atoms with van der Waals surface area (Å²) in [5.41, 5.74) is 0.929. The Morgan fingerprint density at radius 2 is 1.77 bits per heavy atom. The van der Waals surface area contributed by atoms with Crippen molar-refractivity contribution >= 4 is 28.8 Å². The first-order valence-electron chi connectivity index (χ1n) is 9.84. The maximum Gasteiger partial charge on any atom is 0.261 e. The van der Waals surface area contributed by atoms with Crippen LogP contribution in [0.5, 0.6) is 0 Å². The number of thiophene rings is 1. The molecule has 7 nitrogen and oxygen atoms in total. The fourth-order valence-corrected chi connectivity index (χ4v) is 4.14. The van der Waals surface area contributed by atoms with Gasteiger partial charge in [-0.2, -0.15) is 0 Å². The summed E-state index contributed by atoms with van der Waals surface area (Å²) < 4.78 is 13.0. The van der Waals surface area contributed by atoms with Crippen LogP contribution >= 0.6 is 11.3 Å². The van der Waals surface area contributed by atoms with E-state index < -0.39 is 5.56 Å². The lowest BCUT2D eigenvalue weighted by molar-refractivity contribution is -0.117. The van der Waals surface area contributed by atoms with Crippen LogP contribution in [0.3, 0.4) is 0 Å². The number of hydrogen-bond acceptors (Lipinski definition) is 5. The normalized spacial score (nSPS) is 14.4. The van der Waals surface area contributed by atoms with E-state index in [1.54, 1.807) is 17.0 Å². The average Bonchev–Trinajstić information content (AvgIpc) is 3.30. The molecule has 2 aromatic heterocycles. The number of carbonyl (C=O) groups is 2. The number of aromatic amines is 1. The van der Waals surface area contributed by atoms with Gasteiger partial charge in [-0.3, -0.25) is 19.3 Å². The van der Waals surface area contributed by atoms with Gasteiger partial charge in [0.25, 0.3) is 11.5 Å². The van der Waals surface area contributed by atoms with Gasteiger partial charge in [0.2, 0.25) is 5.91 Å². The fourth-order valence-electron chi connectivity index (χ4n) is 3.43. The maximum absolute atomic E-state index is 13.0. The van der Waals surface area contributed by atoms with Gasteiger partial charge in [0.05, 0.1) is 17.1 Å². The zero-order chi connectivity index (χ0) is 21.8. The number of rotatable bonds is 5. The minimum atomic E-state index is -0.406. The predicted octanol–water partition coefficient (Wildman–Crippen LogP) is 2.64. The first-order chi connectivity index (χ1) is 15.0. The number of H-pyrrole nitrogens is 1. The molecule has 0 aliphatic carbocycles. The van der Waals surface area contributed by atoms with E-state index in [0.29, 0.717) is 37.6 Å². The van der Waals surface area contributed by atoms with E-state index in [-0.39, 0.29) is 29.7 Å². The number of halogens is 1. The molecule has 0 radical (unpaired) electrons. The van der Waals surface area contributed by atoms with E-state index in [9.17, 15) is 18.8 Å². The molecule has 0 saturated carbocycles. The smallest absolute Gasteiger partial charge is 0.261 e. The predicted molar refractivity (Wildman–Crippen MR) is 118 cm³/mol. The van der Waals surface area contributed by atoms with Crippen molar-refractivity contribution in [2.45, 2.75) is 0 Å². The topological polar surface area (TPSA) is 85.5 Å². The molecule has 1 saturated heterocycles. The number of nitrogens with one attached hydrogen (secondary N) is 2. The lowest BCUT2D eigenvalue weighted by atomic mass is 10.2. The molecular formula is C22H21FN4O3S. The standard InChI is InChI=1S/C22H21FN4O3S/c23-15-3-5-16(6-4-15)24-20(28)14-26-9-11-27(12-10-26)22(30)17-7-8-18(25-21(17)29)19-2-1-13-31-19/h1-8,13H,9-12,14H2,(H,24,28)(H,25,29). The van der Waals surface area contributed by atoms with Gasteiger partial charge < -0.3 is 15.2 Å². The highest BCUT2D eigenvalue weighted by atomic mass is 32.1. The minimum Gasteiger partial charge on any atom is -0.336 e. The van der Waals surface area contributed by atoms with Crippen LogP contribution < -0.4 is 10.9 Å². The minimum absolute atomic E-state index is 0.114. The molecule has 3 aromatic rings. The van der Waals surface area contributed by atoms with Crippen LogP contribution in [0.4, 0.5) is 10.1 Å². The molecule has 1 aromatic carbocycles. The molecule has 0 unspecified atom stereocenters. The van der Waals surface area contributed by atoms with Gasteiger partial charge in [0.15, 0.2) is 0 Å². The Morgan fingerprint density at radius 1 is 1.03 bits per heavy atom. The number of pyridine rings is 1. The maximum atomic E-state index is 13.0. The third-order valence-corrected chi connectivity index (χ3v) is 5.98. The molecule has 1 fully saturated rings. The summed E-state index contributed by atoms with van der Waals surface area (Å²) in [5, 5.41) is 4.65. The van der Waals surface area contributed by atoms with Gasteiger partial charge >= 0.3 is 0 Å². The molecule has 1 aliphatic rings. The van der Waals surface area contributed by atoms with E-state index in [2.05, 4.69) is 10.3 Å². The van der Waals surface area contributed by atoms with Crippen LogP contribution in [0, 0.1) is 5.82 Å². The van der Waals surface area contributed by atoms with Crippen molar-refractivity contribution in [3.05, 3.63) is 75.6 Å². The molecule has 160 valence electrons. The summed E-state index contributed by atoms with van der Waals surface area (Å²) in [6.45, 7) is 2.07. The first-order valence-corrected chi connectivity index (χ1v) is 10.7. The number of aromatic nitrogens is 1. The second-order valence-corrected chi connectivity index (χ2v) is 8.16. The van der Waals surface area contributed by atoms with Crippen molar-refractivity contribution in [1.82, 2.24) is 14.8 Å². The number of hydrogen-bond donors (Lipinski definition) is 2. The fraction of sp³-hybridized carbons (Fsp3) is 0.227. The molecule has 4 rings (SSSR count). The van der Waals surface area contributed by atoms with E-state index in [0.717, 1.165) is 4.88 Å². The molecule has 0 spiro atoms. The number of carbonyl (C=O) groups excluding carboxylic acids is 2. The molecule has 9 heteroatoms. The van der Waals surface area contributed by atoms with E-state index in [1.807, 2.05) is 22.4 Å². The Hall–Kier alpha value is -3.30. The van der Waals surface area contributed by atoms with Gasteiger partial charge in [-0.15, -0.1) is 11.3 Å². The van der Waals surface area contributed by atoms with Gasteiger partial charge in [0.1, 0.15) is 11.4 Å². The summed E-state index contributed by atoms with van der Waals surface area (Å²) >= 11 is 1.51. The van der Waals surface area contributed by atoms with Crippen LogP contribution in [0.25, 0.3) is 10.6 Å². The second kappa shape index (κ2) is 9.23. The molecule has 0 atom stereocenters. The largest absolute Gasteiger partial charge is 0.336 e. The third kappa shape index (κ3) is 5.07. The molecule has 2 amide bonds. The summed E-state index contributed by atoms with van der Waals surface area (Å²) in [6.07, 6.45) is 0. The highest BCUT2D eigenvalue weighted by Gasteiger charge is 2.25. The summed E-state index contributed by atoms with van der Waals surface area (Å²) in [5.74, 6) is -0.875. The molecule has 3 heterocycles. The summed E-state index contributed by atoms with van der Waals surface area (Å²) in [7, 11) is 0. The zero-order valence-electron chi connectivity index (χ0n) is 16.6. The van der Waals surface area contributed by atoms with Crippen molar-refractivity contribution in [1.29, 1.82) is 0 Å². The van der Waals surface area contributed by atoms with Crippen LogP contribution in [-0.2, 0) is 4.79 Å². The Morgan fingerprint density at radius 3 is 2.42 bits per heavy atom. The lowest BCUT2D eigenvalue weighted by Gasteiger charge is -2.34. The Bertz CT molecular complexity index is 1120. The van der Waals surface area contributed by atoms with Crippen LogP contribution in [-0.4, -0.2) is 59.3 Å². The Kier molecular flexibility index (Phi) is 6.24. The highest BCUT2D eigenvalue weighted by Crippen LogP contribution is 2.21. The second-order valence-electron chi connectivity index (χ2n) is 7.22. The average molecular weight is 441 g/mol. The van der Waals surface area contributed by atoms with E-state index >= 15 is 0 Å². The number of amides is 2. The quantitative estimate of drug-likeness (QED) is 0.639. The van der Waals surface area contributed by atoms with Crippen molar-refractivity contribution in [3.8, 4) is 10.6 Å². The van der Waals surface area contributed by atoms with E-state index in [1.165, 1.54) is 35.6 Å². The Balaban J connectivity index is 1.31. The zero-order valence-corrected chi connectivity index (χ0v) is 17.5. The number of piperazine rings is 1. The number of benzene rings is 1. The highest BCUT2D eigenvalue weighted by molar-refractivity contribution is 7.13. The van der Waals surface area contributed by atoms with E-state index in [4.69, 9.17) is 0 Å². The molecule has 31 heavy (non-hydrogen) atoms. The lowest BCUT2D eigenvalue weighted by Crippen LogP contribution is -2.51. The monoisotopic (exact) mass is 440 g/mol. The molecular weight excluding hydrogens is 419 g/mol. The van der Waals surface area contributed by atoms with Crippen molar-refractivity contribution in [3.63, 3.8) is 0 Å². The number of nitrogens with zero attached hydrogens (tertiary/aromatic N) is 2. The molecule has 1 aliphatic heterocycles. The Labute approximate surface area is 182 Å². The summed E-state index contributed by atoms with van der Waals surface area (Å²) in [4.78, 5) is 44.7. The van der Waals surface area contributed by atoms with Crippen molar-refractivity contribution in [2.75, 3.05) is 38.0 Å². The SMILES string of the molecule is O=C(CN1CCN(C(=O)c2ccc(-c3cccs3)[nH]c2=O)CC1)Nc1ccc(F)cc1.